The lowest BCUT2D eigenvalue weighted by Gasteiger charge is -2.08. The van der Waals surface area contributed by atoms with Crippen molar-refractivity contribution in [2.75, 3.05) is 5.32 Å². The van der Waals surface area contributed by atoms with Crippen molar-refractivity contribution >= 4 is 17.6 Å². The molecule has 1 aromatic heterocycles. The Bertz CT molecular complexity index is 688. The molecule has 102 valence electrons. The van der Waals surface area contributed by atoms with E-state index in [0.717, 1.165) is 12.1 Å². The third-order valence-electron chi connectivity index (χ3n) is 2.43. The molecule has 1 amide bonds. The zero-order valence-electron chi connectivity index (χ0n) is 10.0. The van der Waals surface area contributed by atoms with Crippen molar-refractivity contribution in [1.29, 1.82) is 0 Å². The van der Waals surface area contributed by atoms with Gasteiger partial charge in [-0.1, -0.05) is 6.07 Å². The number of aromatic hydroxyl groups is 1. The van der Waals surface area contributed by atoms with E-state index in [1.54, 1.807) is 0 Å². The number of anilines is 1. The maximum Gasteiger partial charge on any atom is 0.337 e. The minimum atomic E-state index is -1.32. The lowest BCUT2D eigenvalue weighted by molar-refractivity contribution is 0.0697. The highest BCUT2D eigenvalue weighted by Gasteiger charge is 2.15. The molecule has 0 saturated heterocycles. The van der Waals surface area contributed by atoms with Crippen LogP contribution in [0.3, 0.4) is 0 Å². The van der Waals surface area contributed by atoms with Crippen molar-refractivity contribution in [3.8, 4) is 5.75 Å². The first-order chi connectivity index (χ1) is 9.47. The number of aromatic nitrogens is 1. The molecule has 0 saturated carbocycles. The van der Waals surface area contributed by atoms with E-state index in [1.165, 1.54) is 24.3 Å². The summed E-state index contributed by atoms with van der Waals surface area (Å²) in [6, 6.07) is 7.14. The topological polar surface area (TPSA) is 99.5 Å². The van der Waals surface area contributed by atoms with Crippen molar-refractivity contribution in [2.24, 2.45) is 0 Å². The Morgan fingerprint density at radius 1 is 1.20 bits per heavy atom. The van der Waals surface area contributed by atoms with E-state index in [1.807, 2.05) is 0 Å². The number of phenols is 1. The molecule has 0 atom stereocenters. The van der Waals surface area contributed by atoms with Gasteiger partial charge in [0, 0.05) is 0 Å². The number of aromatic carboxylic acids is 1. The first-order valence-corrected chi connectivity index (χ1v) is 5.47. The number of pyridine rings is 1. The Balaban J connectivity index is 2.30. The molecule has 0 bridgehead atoms. The van der Waals surface area contributed by atoms with E-state index < -0.39 is 17.8 Å². The van der Waals surface area contributed by atoms with Crippen LogP contribution in [0.2, 0.25) is 0 Å². The molecule has 1 aromatic carbocycles. The average molecular weight is 276 g/mol. The van der Waals surface area contributed by atoms with Crippen molar-refractivity contribution in [2.45, 2.75) is 0 Å². The van der Waals surface area contributed by atoms with Crippen molar-refractivity contribution in [3.63, 3.8) is 0 Å². The minimum absolute atomic E-state index is 0.0219. The molecule has 0 spiro atoms. The fourth-order valence-corrected chi connectivity index (χ4v) is 1.54. The lowest BCUT2D eigenvalue weighted by Crippen LogP contribution is -2.16. The number of carboxylic acid groups (broad SMARTS) is 1. The second-order valence-corrected chi connectivity index (χ2v) is 3.83. The molecule has 2 rings (SSSR count). The maximum atomic E-state index is 12.9. The summed E-state index contributed by atoms with van der Waals surface area (Å²) in [6.07, 6.45) is 0. The highest BCUT2D eigenvalue weighted by Crippen LogP contribution is 2.21. The second kappa shape index (κ2) is 5.35. The summed E-state index contributed by atoms with van der Waals surface area (Å²) in [6.45, 7) is 0. The quantitative estimate of drug-likeness (QED) is 0.587. The normalized spacial score (nSPS) is 10.1. The van der Waals surface area contributed by atoms with Crippen LogP contribution in [0.5, 0.6) is 5.75 Å². The van der Waals surface area contributed by atoms with Gasteiger partial charge in [-0.25, -0.2) is 9.78 Å². The van der Waals surface area contributed by atoms with Crippen LogP contribution in [0.1, 0.15) is 20.8 Å². The van der Waals surface area contributed by atoms with Gasteiger partial charge in [0.05, 0.1) is 11.3 Å². The summed E-state index contributed by atoms with van der Waals surface area (Å²) in [4.78, 5) is 26.2. The molecule has 0 radical (unpaired) electrons. The minimum Gasteiger partial charge on any atom is -0.508 e. The maximum absolute atomic E-state index is 12.9. The fraction of sp³-hybridized carbons (Fsp3) is 0. The van der Waals surface area contributed by atoms with E-state index in [4.69, 9.17) is 5.11 Å². The summed E-state index contributed by atoms with van der Waals surface area (Å²) in [7, 11) is 0. The number of hydrogen-bond donors (Lipinski definition) is 3. The molecular formula is C13H9FN2O4. The van der Waals surface area contributed by atoms with Gasteiger partial charge in [0.15, 0.2) is 0 Å². The third kappa shape index (κ3) is 2.89. The monoisotopic (exact) mass is 276 g/mol. The second-order valence-electron chi connectivity index (χ2n) is 3.83. The van der Waals surface area contributed by atoms with Crippen LogP contribution >= 0.6 is 0 Å². The molecule has 0 unspecified atom stereocenters. The predicted molar refractivity (Wildman–Crippen MR) is 67.2 cm³/mol. The molecule has 0 aliphatic heterocycles. The van der Waals surface area contributed by atoms with Gasteiger partial charge in [-0.05, 0) is 30.3 Å². The van der Waals surface area contributed by atoms with Gasteiger partial charge in [0.25, 0.3) is 5.91 Å². The van der Waals surface area contributed by atoms with Crippen LogP contribution < -0.4 is 5.32 Å². The largest absolute Gasteiger partial charge is 0.508 e. The number of nitrogens with one attached hydrogen (secondary N) is 1. The molecule has 1 heterocycles. The van der Waals surface area contributed by atoms with E-state index in [-0.39, 0.29) is 22.7 Å². The Morgan fingerprint density at radius 2 is 1.95 bits per heavy atom. The SMILES string of the molecule is O=C(Nc1ccc(O)cc1C(=O)O)c1cccc(F)n1. The van der Waals surface area contributed by atoms with Gasteiger partial charge in [-0.2, -0.15) is 4.39 Å². The fourth-order valence-electron chi connectivity index (χ4n) is 1.54. The van der Waals surface area contributed by atoms with Gasteiger partial charge in [-0.15, -0.1) is 0 Å². The van der Waals surface area contributed by atoms with Crippen LogP contribution in [0.15, 0.2) is 36.4 Å². The average Bonchev–Trinajstić information content (AvgIpc) is 2.40. The first-order valence-electron chi connectivity index (χ1n) is 5.47. The Kier molecular flexibility index (Phi) is 3.60. The molecule has 20 heavy (non-hydrogen) atoms. The first kappa shape index (κ1) is 13.5. The Labute approximate surface area is 112 Å². The van der Waals surface area contributed by atoms with Gasteiger partial charge in [0.2, 0.25) is 5.95 Å². The van der Waals surface area contributed by atoms with Crippen molar-refractivity contribution < 1.29 is 24.2 Å². The molecule has 2 aromatic rings. The van der Waals surface area contributed by atoms with Crippen LogP contribution in [-0.4, -0.2) is 27.1 Å². The van der Waals surface area contributed by atoms with E-state index >= 15 is 0 Å². The smallest absolute Gasteiger partial charge is 0.337 e. The van der Waals surface area contributed by atoms with Gasteiger partial charge in [0.1, 0.15) is 11.4 Å². The number of carbonyl (C=O) groups is 2. The molecule has 6 nitrogen and oxygen atoms in total. The highest BCUT2D eigenvalue weighted by molar-refractivity contribution is 6.06. The molecular weight excluding hydrogens is 267 g/mol. The molecule has 0 aliphatic rings. The number of carbonyl (C=O) groups excluding carboxylic acids is 1. The molecule has 7 heteroatoms. The Morgan fingerprint density at radius 3 is 2.60 bits per heavy atom. The summed E-state index contributed by atoms with van der Waals surface area (Å²) in [5.41, 5.74) is -0.490. The molecule has 0 fully saturated rings. The van der Waals surface area contributed by atoms with Crippen LogP contribution in [0, 0.1) is 5.95 Å². The van der Waals surface area contributed by atoms with Crippen LogP contribution in [0.4, 0.5) is 10.1 Å². The number of rotatable bonds is 3. The summed E-state index contributed by atoms with van der Waals surface area (Å²) < 4.78 is 12.9. The van der Waals surface area contributed by atoms with Crippen molar-refractivity contribution in [1.82, 2.24) is 4.98 Å². The van der Waals surface area contributed by atoms with E-state index in [0.29, 0.717) is 0 Å². The molecule has 3 N–H and O–H groups in total. The van der Waals surface area contributed by atoms with E-state index in [9.17, 15) is 19.1 Å². The zero-order valence-corrected chi connectivity index (χ0v) is 10.0. The Hall–Kier alpha value is -2.96. The van der Waals surface area contributed by atoms with Gasteiger partial charge in [-0.3, -0.25) is 4.79 Å². The molecule has 0 aliphatic carbocycles. The summed E-state index contributed by atoms with van der Waals surface area (Å²) >= 11 is 0. The number of hydrogen-bond acceptors (Lipinski definition) is 4. The number of phenolic OH excluding ortho intramolecular Hbond substituents is 1. The highest BCUT2D eigenvalue weighted by atomic mass is 19.1. The summed E-state index contributed by atoms with van der Waals surface area (Å²) in [5.74, 6) is -3.13. The number of benzene rings is 1. The number of carboxylic acids is 1. The lowest BCUT2D eigenvalue weighted by atomic mass is 10.1. The predicted octanol–water partition coefficient (Wildman–Crippen LogP) is 1.88. The number of nitrogens with zero attached hydrogens (tertiary/aromatic N) is 1. The van der Waals surface area contributed by atoms with Crippen LogP contribution in [-0.2, 0) is 0 Å². The number of amides is 1. The zero-order chi connectivity index (χ0) is 14.7. The standard InChI is InChI=1S/C13H9FN2O4/c14-11-3-1-2-10(15-11)12(18)16-9-5-4-7(17)6-8(9)13(19)20/h1-6,17H,(H,16,18)(H,19,20). The third-order valence-corrected chi connectivity index (χ3v) is 2.43. The summed E-state index contributed by atoms with van der Waals surface area (Å²) in [5, 5.41) is 20.5. The van der Waals surface area contributed by atoms with Gasteiger partial charge >= 0.3 is 5.97 Å². The van der Waals surface area contributed by atoms with Gasteiger partial charge < -0.3 is 15.5 Å². The van der Waals surface area contributed by atoms with E-state index in [2.05, 4.69) is 10.3 Å². The van der Waals surface area contributed by atoms with Crippen LogP contribution in [0.25, 0.3) is 0 Å². The number of halogens is 1. The van der Waals surface area contributed by atoms with Crippen molar-refractivity contribution in [3.05, 3.63) is 53.6 Å².